The van der Waals surface area contributed by atoms with Crippen molar-refractivity contribution in [2.24, 2.45) is 0 Å². The van der Waals surface area contributed by atoms with Crippen LogP contribution in [0.3, 0.4) is 0 Å². The van der Waals surface area contributed by atoms with Crippen LogP contribution in [0.2, 0.25) is 5.02 Å². The molecule has 3 rings (SSSR count). The van der Waals surface area contributed by atoms with Crippen LogP contribution in [-0.2, 0) is 10.9 Å². The van der Waals surface area contributed by atoms with E-state index in [1.54, 1.807) is 0 Å². The average Bonchev–Trinajstić information content (AvgIpc) is 3.15. The largest absolute Gasteiger partial charge is 0.416 e. The molecule has 1 amide bonds. The Labute approximate surface area is 158 Å². The first-order chi connectivity index (χ1) is 12.8. The Morgan fingerprint density at radius 2 is 2.11 bits per heavy atom. The Morgan fingerprint density at radius 3 is 2.74 bits per heavy atom. The Bertz CT molecular complexity index is 806. The number of alkyl halides is 3. The van der Waals surface area contributed by atoms with Gasteiger partial charge >= 0.3 is 6.18 Å². The lowest BCUT2D eigenvalue weighted by Crippen LogP contribution is -2.31. The number of anilines is 2. The molecular formula is C18H17ClF3N3O2. The molecule has 1 aromatic heterocycles. The van der Waals surface area contributed by atoms with Crippen molar-refractivity contribution < 1.29 is 22.7 Å². The van der Waals surface area contributed by atoms with Crippen LogP contribution >= 0.6 is 11.6 Å². The molecule has 1 fully saturated rings. The summed E-state index contributed by atoms with van der Waals surface area (Å²) in [5.74, 6) is -0.0199. The monoisotopic (exact) mass is 399 g/mol. The maximum absolute atomic E-state index is 12.8. The predicted octanol–water partition coefficient (Wildman–Crippen LogP) is 4.41. The number of amides is 1. The summed E-state index contributed by atoms with van der Waals surface area (Å²) in [5, 5.41) is 5.63. The minimum atomic E-state index is -4.47. The van der Waals surface area contributed by atoms with Crippen LogP contribution in [0.1, 0.15) is 28.8 Å². The number of carbonyl (C=O) groups is 1. The summed E-state index contributed by atoms with van der Waals surface area (Å²) in [7, 11) is 0. The number of carbonyl (C=O) groups excluding carboxylic acids is 1. The second-order valence-corrected chi connectivity index (χ2v) is 6.50. The number of nitrogens with one attached hydrogen (secondary N) is 2. The molecule has 0 aliphatic carbocycles. The van der Waals surface area contributed by atoms with Crippen molar-refractivity contribution in [3.05, 3.63) is 52.7 Å². The first-order valence-corrected chi connectivity index (χ1v) is 8.70. The van der Waals surface area contributed by atoms with Gasteiger partial charge in [0.1, 0.15) is 5.82 Å². The van der Waals surface area contributed by atoms with E-state index >= 15 is 0 Å². The number of benzene rings is 1. The number of rotatable bonds is 5. The average molecular weight is 400 g/mol. The molecule has 1 aromatic carbocycles. The maximum Gasteiger partial charge on any atom is 0.416 e. The molecule has 2 aromatic rings. The van der Waals surface area contributed by atoms with Gasteiger partial charge < -0.3 is 15.4 Å². The third-order valence-corrected chi connectivity index (χ3v) is 4.43. The summed E-state index contributed by atoms with van der Waals surface area (Å²) in [6.45, 7) is 1.14. The molecule has 0 radical (unpaired) electrons. The molecule has 1 saturated heterocycles. The van der Waals surface area contributed by atoms with Gasteiger partial charge in [-0.05, 0) is 43.2 Å². The Hall–Kier alpha value is -2.32. The number of nitrogens with zero attached hydrogens (tertiary/aromatic N) is 1. The zero-order valence-corrected chi connectivity index (χ0v) is 14.9. The fourth-order valence-electron chi connectivity index (χ4n) is 2.65. The normalized spacial score (nSPS) is 17.0. The topological polar surface area (TPSA) is 63.2 Å². The number of halogens is 4. The van der Waals surface area contributed by atoms with E-state index in [9.17, 15) is 18.0 Å². The molecule has 1 aliphatic rings. The number of pyridine rings is 1. The van der Waals surface area contributed by atoms with Crippen molar-refractivity contribution in [2.75, 3.05) is 18.5 Å². The predicted molar refractivity (Wildman–Crippen MR) is 95.3 cm³/mol. The molecule has 144 valence electrons. The van der Waals surface area contributed by atoms with Gasteiger partial charge in [-0.25, -0.2) is 4.98 Å². The minimum absolute atomic E-state index is 0.0332. The maximum atomic E-state index is 12.8. The number of aromatic nitrogens is 1. The van der Waals surface area contributed by atoms with Gasteiger partial charge in [-0.1, -0.05) is 11.6 Å². The van der Waals surface area contributed by atoms with Crippen LogP contribution in [-0.4, -0.2) is 30.1 Å². The molecule has 1 atom stereocenters. The van der Waals surface area contributed by atoms with Gasteiger partial charge in [0.2, 0.25) is 0 Å². The molecule has 27 heavy (non-hydrogen) atoms. The van der Waals surface area contributed by atoms with Crippen molar-refractivity contribution in [3.8, 4) is 0 Å². The summed E-state index contributed by atoms with van der Waals surface area (Å²) in [4.78, 5) is 16.2. The molecule has 2 N–H and O–H groups in total. The lowest BCUT2D eigenvalue weighted by atomic mass is 10.2. The van der Waals surface area contributed by atoms with E-state index in [1.165, 1.54) is 24.4 Å². The van der Waals surface area contributed by atoms with Crippen molar-refractivity contribution >= 4 is 29.0 Å². The van der Waals surface area contributed by atoms with Crippen LogP contribution in [0, 0.1) is 0 Å². The zero-order valence-electron chi connectivity index (χ0n) is 14.1. The van der Waals surface area contributed by atoms with E-state index in [1.807, 2.05) is 0 Å². The minimum Gasteiger partial charge on any atom is -0.376 e. The molecule has 2 heterocycles. The summed E-state index contributed by atoms with van der Waals surface area (Å²) in [6, 6.07) is 6.01. The molecule has 1 aliphatic heterocycles. The van der Waals surface area contributed by atoms with Crippen molar-refractivity contribution in [1.29, 1.82) is 0 Å². The third-order valence-electron chi connectivity index (χ3n) is 4.10. The first-order valence-electron chi connectivity index (χ1n) is 8.32. The highest BCUT2D eigenvalue weighted by Crippen LogP contribution is 2.34. The summed E-state index contributed by atoms with van der Waals surface area (Å²) in [5.41, 5.74) is -0.400. The quantitative estimate of drug-likeness (QED) is 0.782. The standard InChI is InChI=1S/C18H17ClF3N3O2/c19-14-5-4-12(18(20,21)22)8-15(14)25-16-6-3-11(9-23-16)17(26)24-10-13-2-1-7-27-13/h3-6,8-9,13H,1-2,7,10H2,(H,23,25)(H,24,26). The fraction of sp³-hybridized carbons (Fsp3) is 0.333. The van der Waals surface area contributed by atoms with E-state index in [4.69, 9.17) is 16.3 Å². The van der Waals surface area contributed by atoms with Crippen LogP contribution in [0.5, 0.6) is 0 Å². The van der Waals surface area contributed by atoms with Crippen molar-refractivity contribution in [3.63, 3.8) is 0 Å². The molecule has 0 spiro atoms. The van der Waals surface area contributed by atoms with E-state index in [-0.39, 0.29) is 28.5 Å². The molecule has 5 nitrogen and oxygen atoms in total. The lowest BCUT2D eigenvalue weighted by Gasteiger charge is -2.13. The smallest absolute Gasteiger partial charge is 0.376 e. The van der Waals surface area contributed by atoms with E-state index in [2.05, 4.69) is 15.6 Å². The Morgan fingerprint density at radius 1 is 1.30 bits per heavy atom. The molecule has 1 unspecified atom stereocenters. The third kappa shape index (κ3) is 5.11. The second kappa shape index (κ2) is 8.14. The van der Waals surface area contributed by atoms with Gasteiger partial charge in [0, 0.05) is 19.3 Å². The summed E-state index contributed by atoms with van der Waals surface area (Å²) in [6.07, 6.45) is -1.20. The molecule has 0 bridgehead atoms. The summed E-state index contributed by atoms with van der Waals surface area (Å²) < 4.78 is 43.9. The van der Waals surface area contributed by atoms with E-state index in [0.717, 1.165) is 25.0 Å². The van der Waals surface area contributed by atoms with Crippen molar-refractivity contribution in [2.45, 2.75) is 25.1 Å². The number of ether oxygens (including phenoxy) is 1. The van der Waals surface area contributed by atoms with Gasteiger partial charge in [-0.15, -0.1) is 0 Å². The van der Waals surface area contributed by atoms with Gasteiger partial charge in [0.05, 0.1) is 27.9 Å². The van der Waals surface area contributed by atoms with Gasteiger partial charge in [-0.2, -0.15) is 13.2 Å². The fourth-order valence-corrected chi connectivity index (χ4v) is 2.82. The van der Waals surface area contributed by atoms with Gasteiger partial charge in [-0.3, -0.25) is 4.79 Å². The second-order valence-electron chi connectivity index (χ2n) is 6.09. The molecule has 0 saturated carbocycles. The highest BCUT2D eigenvalue weighted by Gasteiger charge is 2.31. The Kier molecular flexibility index (Phi) is 5.86. The zero-order chi connectivity index (χ0) is 19.4. The molecule has 9 heteroatoms. The van der Waals surface area contributed by atoms with Gasteiger partial charge in [0.25, 0.3) is 5.91 Å². The van der Waals surface area contributed by atoms with Crippen molar-refractivity contribution in [1.82, 2.24) is 10.3 Å². The van der Waals surface area contributed by atoms with Crippen LogP contribution < -0.4 is 10.6 Å². The highest BCUT2D eigenvalue weighted by atomic mass is 35.5. The first kappa shape index (κ1) is 19.4. The SMILES string of the molecule is O=C(NCC1CCCO1)c1ccc(Nc2cc(C(F)(F)F)ccc2Cl)nc1. The van der Waals surface area contributed by atoms with Crippen LogP contribution in [0.15, 0.2) is 36.5 Å². The summed E-state index contributed by atoms with van der Waals surface area (Å²) >= 11 is 5.95. The number of hydrogen-bond donors (Lipinski definition) is 2. The lowest BCUT2D eigenvalue weighted by molar-refractivity contribution is -0.137. The van der Waals surface area contributed by atoms with Crippen LogP contribution in [0.4, 0.5) is 24.7 Å². The van der Waals surface area contributed by atoms with E-state index < -0.39 is 11.7 Å². The van der Waals surface area contributed by atoms with E-state index in [0.29, 0.717) is 18.7 Å². The van der Waals surface area contributed by atoms with Gasteiger partial charge in [0.15, 0.2) is 0 Å². The highest BCUT2D eigenvalue weighted by molar-refractivity contribution is 6.33. The number of hydrogen-bond acceptors (Lipinski definition) is 4. The molecular weight excluding hydrogens is 383 g/mol. The Balaban J connectivity index is 1.64. The van der Waals surface area contributed by atoms with Crippen LogP contribution in [0.25, 0.3) is 0 Å².